The fourth-order valence-corrected chi connectivity index (χ4v) is 2.85. The molecule has 3 rings (SSSR count). The van der Waals surface area contributed by atoms with E-state index in [1.807, 2.05) is 30.3 Å². The van der Waals surface area contributed by atoms with Crippen LogP contribution in [-0.2, 0) is 4.79 Å². The van der Waals surface area contributed by atoms with Gasteiger partial charge < -0.3 is 10.1 Å². The Hall–Kier alpha value is -1.55. The van der Waals surface area contributed by atoms with Gasteiger partial charge in [0.15, 0.2) is 0 Å². The molecule has 114 valence electrons. The van der Waals surface area contributed by atoms with Crippen LogP contribution in [0.2, 0.25) is 0 Å². The summed E-state index contributed by atoms with van der Waals surface area (Å²) in [6.45, 7) is 3.68. The summed E-state index contributed by atoms with van der Waals surface area (Å²) in [6, 6.07) is 10.2. The molecule has 4 heteroatoms. The first-order valence-corrected chi connectivity index (χ1v) is 8.02. The molecule has 1 N–H and O–H groups in total. The Morgan fingerprint density at radius 3 is 2.81 bits per heavy atom. The maximum Gasteiger partial charge on any atom is 0.223 e. The second-order valence-corrected chi connectivity index (χ2v) is 6.08. The molecule has 1 saturated carbocycles. The zero-order valence-corrected chi connectivity index (χ0v) is 12.5. The number of ether oxygens (including phenoxy) is 1. The minimum atomic E-state index is 0.266. The van der Waals surface area contributed by atoms with E-state index in [1.54, 1.807) is 0 Å². The molecule has 2 fully saturated rings. The number of nitrogens with one attached hydrogen (secondary N) is 1. The lowest BCUT2D eigenvalue weighted by atomic mass is 10.1. The van der Waals surface area contributed by atoms with Gasteiger partial charge >= 0.3 is 0 Å². The molecule has 0 bridgehead atoms. The van der Waals surface area contributed by atoms with E-state index in [0.29, 0.717) is 18.6 Å². The first-order chi connectivity index (χ1) is 10.3. The molecule has 1 aromatic carbocycles. The fourth-order valence-electron chi connectivity index (χ4n) is 2.85. The number of carbonyl (C=O) groups is 1. The third kappa shape index (κ3) is 4.46. The topological polar surface area (TPSA) is 41.6 Å². The van der Waals surface area contributed by atoms with Gasteiger partial charge in [-0.1, -0.05) is 18.2 Å². The molecule has 0 aromatic heterocycles. The Morgan fingerprint density at radius 2 is 2.05 bits per heavy atom. The molecule has 21 heavy (non-hydrogen) atoms. The molecule has 1 atom stereocenters. The normalized spacial score (nSPS) is 22.8. The SMILES string of the molecule is O=C(NC1CCCN(CCOc2ccccc2)C1)C1CC1. The maximum atomic E-state index is 11.8. The predicted octanol–water partition coefficient (Wildman–Crippen LogP) is 2.06. The van der Waals surface area contributed by atoms with Gasteiger partial charge in [0.1, 0.15) is 12.4 Å². The number of hydrogen-bond donors (Lipinski definition) is 1. The molecular weight excluding hydrogens is 264 g/mol. The number of nitrogens with zero attached hydrogens (tertiary/aromatic N) is 1. The van der Waals surface area contributed by atoms with Gasteiger partial charge in [-0.3, -0.25) is 9.69 Å². The molecule has 1 amide bonds. The number of benzene rings is 1. The molecular formula is C17H24N2O2. The Bertz CT molecular complexity index is 459. The highest BCUT2D eigenvalue weighted by molar-refractivity contribution is 5.81. The molecule has 0 spiro atoms. The molecule has 1 heterocycles. The van der Waals surface area contributed by atoms with Crippen LogP contribution in [-0.4, -0.2) is 43.1 Å². The van der Waals surface area contributed by atoms with Gasteiger partial charge in [0.05, 0.1) is 0 Å². The van der Waals surface area contributed by atoms with E-state index < -0.39 is 0 Å². The van der Waals surface area contributed by atoms with Crippen molar-refractivity contribution in [1.82, 2.24) is 10.2 Å². The molecule has 1 unspecified atom stereocenters. The molecule has 4 nitrogen and oxygen atoms in total. The lowest BCUT2D eigenvalue weighted by Gasteiger charge is -2.33. The first-order valence-electron chi connectivity index (χ1n) is 8.02. The summed E-state index contributed by atoms with van der Waals surface area (Å²) in [5, 5.41) is 3.20. The fraction of sp³-hybridized carbons (Fsp3) is 0.588. The van der Waals surface area contributed by atoms with Crippen LogP contribution in [0.1, 0.15) is 25.7 Å². The number of rotatable bonds is 6. The summed E-state index contributed by atoms with van der Waals surface area (Å²) in [5.74, 6) is 1.50. The second-order valence-electron chi connectivity index (χ2n) is 6.08. The number of likely N-dealkylation sites (tertiary alicyclic amines) is 1. The Labute approximate surface area is 126 Å². The zero-order chi connectivity index (χ0) is 14.5. The Balaban J connectivity index is 1.38. The Kier molecular flexibility index (Phi) is 4.76. The van der Waals surface area contributed by atoms with Gasteiger partial charge in [-0.15, -0.1) is 0 Å². The van der Waals surface area contributed by atoms with E-state index in [1.165, 1.54) is 0 Å². The number of amides is 1. The van der Waals surface area contributed by atoms with Crippen molar-refractivity contribution in [3.63, 3.8) is 0 Å². The standard InChI is InChI=1S/C17H24N2O2/c20-17(14-8-9-14)18-15-5-4-10-19(13-15)11-12-21-16-6-2-1-3-7-16/h1-3,6-7,14-15H,4-5,8-13H2,(H,18,20). The van der Waals surface area contributed by atoms with Crippen LogP contribution >= 0.6 is 0 Å². The third-order valence-corrected chi connectivity index (χ3v) is 4.22. The maximum absolute atomic E-state index is 11.8. The largest absolute Gasteiger partial charge is 0.492 e. The van der Waals surface area contributed by atoms with E-state index >= 15 is 0 Å². The van der Waals surface area contributed by atoms with Crippen molar-refractivity contribution in [3.05, 3.63) is 30.3 Å². The second kappa shape index (κ2) is 6.94. The molecule has 0 radical (unpaired) electrons. The lowest BCUT2D eigenvalue weighted by molar-refractivity contribution is -0.123. The van der Waals surface area contributed by atoms with Crippen molar-refractivity contribution < 1.29 is 9.53 Å². The molecule has 1 saturated heterocycles. The Morgan fingerprint density at radius 1 is 1.24 bits per heavy atom. The third-order valence-electron chi connectivity index (χ3n) is 4.22. The predicted molar refractivity (Wildman–Crippen MR) is 82.3 cm³/mol. The van der Waals surface area contributed by atoms with Crippen LogP contribution < -0.4 is 10.1 Å². The quantitative estimate of drug-likeness (QED) is 0.871. The summed E-state index contributed by atoms with van der Waals surface area (Å²) in [6.07, 6.45) is 4.41. The summed E-state index contributed by atoms with van der Waals surface area (Å²) >= 11 is 0. The van der Waals surface area contributed by atoms with Crippen LogP contribution in [0.3, 0.4) is 0 Å². The van der Waals surface area contributed by atoms with Crippen LogP contribution in [0.5, 0.6) is 5.75 Å². The average Bonchev–Trinajstić information content (AvgIpc) is 3.33. The number of hydrogen-bond acceptors (Lipinski definition) is 3. The van der Waals surface area contributed by atoms with Gasteiger partial charge in [0, 0.05) is 25.0 Å². The van der Waals surface area contributed by atoms with Gasteiger partial charge in [0.25, 0.3) is 0 Å². The summed E-state index contributed by atoms with van der Waals surface area (Å²) < 4.78 is 5.74. The van der Waals surface area contributed by atoms with Crippen molar-refractivity contribution in [1.29, 1.82) is 0 Å². The summed E-state index contributed by atoms with van der Waals surface area (Å²) in [4.78, 5) is 14.2. The first kappa shape index (κ1) is 14.4. The van der Waals surface area contributed by atoms with Gasteiger partial charge in [-0.25, -0.2) is 0 Å². The van der Waals surface area contributed by atoms with Crippen molar-refractivity contribution in [3.8, 4) is 5.75 Å². The van der Waals surface area contributed by atoms with Crippen LogP contribution in [0.15, 0.2) is 30.3 Å². The highest BCUT2D eigenvalue weighted by Crippen LogP contribution is 2.29. The van der Waals surface area contributed by atoms with Crippen molar-refractivity contribution in [2.24, 2.45) is 5.92 Å². The lowest BCUT2D eigenvalue weighted by Crippen LogP contribution is -2.48. The monoisotopic (exact) mass is 288 g/mol. The van der Waals surface area contributed by atoms with Crippen molar-refractivity contribution >= 4 is 5.91 Å². The van der Waals surface area contributed by atoms with E-state index in [-0.39, 0.29) is 5.91 Å². The van der Waals surface area contributed by atoms with E-state index in [0.717, 1.165) is 51.1 Å². The highest BCUT2D eigenvalue weighted by atomic mass is 16.5. The molecule has 1 aliphatic carbocycles. The zero-order valence-electron chi connectivity index (χ0n) is 12.5. The van der Waals surface area contributed by atoms with Crippen LogP contribution in [0, 0.1) is 5.92 Å². The van der Waals surface area contributed by atoms with Crippen LogP contribution in [0.25, 0.3) is 0 Å². The summed E-state index contributed by atoms with van der Waals surface area (Å²) in [7, 11) is 0. The minimum Gasteiger partial charge on any atom is -0.492 e. The van der Waals surface area contributed by atoms with Crippen molar-refractivity contribution in [2.45, 2.75) is 31.7 Å². The van der Waals surface area contributed by atoms with E-state index in [2.05, 4.69) is 10.2 Å². The number of piperidine rings is 1. The molecule has 1 aromatic rings. The molecule has 2 aliphatic rings. The van der Waals surface area contributed by atoms with Gasteiger partial charge in [-0.05, 0) is 44.4 Å². The average molecular weight is 288 g/mol. The van der Waals surface area contributed by atoms with E-state index in [4.69, 9.17) is 4.74 Å². The smallest absolute Gasteiger partial charge is 0.223 e. The van der Waals surface area contributed by atoms with E-state index in [9.17, 15) is 4.79 Å². The highest BCUT2D eigenvalue weighted by Gasteiger charge is 2.31. The number of para-hydroxylation sites is 1. The van der Waals surface area contributed by atoms with Crippen molar-refractivity contribution in [2.75, 3.05) is 26.2 Å². The van der Waals surface area contributed by atoms with Crippen LogP contribution in [0.4, 0.5) is 0 Å². The summed E-state index contributed by atoms with van der Waals surface area (Å²) in [5.41, 5.74) is 0. The number of carbonyl (C=O) groups excluding carboxylic acids is 1. The van der Waals surface area contributed by atoms with Gasteiger partial charge in [0.2, 0.25) is 5.91 Å². The minimum absolute atomic E-state index is 0.266. The molecule has 1 aliphatic heterocycles. The van der Waals surface area contributed by atoms with Gasteiger partial charge in [-0.2, -0.15) is 0 Å².